The summed E-state index contributed by atoms with van der Waals surface area (Å²) in [6.07, 6.45) is -0.0155. The molecule has 0 aliphatic carbocycles. The van der Waals surface area contributed by atoms with Gasteiger partial charge in [-0.05, 0) is 43.2 Å². The number of anilines is 1. The van der Waals surface area contributed by atoms with Crippen LogP contribution in [0.5, 0.6) is 5.75 Å². The van der Waals surface area contributed by atoms with Gasteiger partial charge in [-0.1, -0.05) is 30.3 Å². The zero-order valence-electron chi connectivity index (χ0n) is 13.5. The third kappa shape index (κ3) is 2.18. The van der Waals surface area contributed by atoms with Crippen LogP contribution in [0.3, 0.4) is 0 Å². The topological polar surface area (TPSA) is 39.1 Å². The first-order valence-electron chi connectivity index (χ1n) is 7.74. The van der Waals surface area contributed by atoms with Crippen LogP contribution in [0.2, 0.25) is 0 Å². The summed E-state index contributed by atoms with van der Waals surface area (Å²) in [4.78, 5) is 0. The van der Waals surface area contributed by atoms with Gasteiger partial charge in [-0.15, -0.1) is 0 Å². The number of ether oxygens (including phenoxy) is 1. The van der Waals surface area contributed by atoms with E-state index in [0.717, 1.165) is 22.7 Å². The van der Waals surface area contributed by atoms with Gasteiger partial charge < -0.3 is 10.1 Å². The molecule has 0 spiro atoms. The Labute approximate surface area is 135 Å². The minimum Gasteiger partial charge on any atom is -0.497 e. The van der Waals surface area contributed by atoms with Crippen LogP contribution in [-0.4, -0.2) is 16.9 Å². The van der Waals surface area contributed by atoms with Crippen molar-refractivity contribution in [3.63, 3.8) is 0 Å². The molecular weight excluding hydrogens is 286 g/mol. The van der Waals surface area contributed by atoms with Crippen LogP contribution in [0.4, 0.5) is 5.69 Å². The van der Waals surface area contributed by atoms with Crippen LogP contribution < -0.4 is 10.1 Å². The van der Waals surface area contributed by atoms with E-state index in [-0.39, 0.29) is 6.17 Å². The Hall–Kier alpha value is -2.75. The first-order valence-corrected chi connectivity index (χ1v) is 7.74. The number of fused-ring (bicyclic) bond motifs is 3. The van der Waals surface area contributed by atoms with Gasteiger partial charge in [0.25, 0.3) is 0 Å². The molecule has 2 aromatic carbocycles. The molecular formula is C19H19N3O. The van der Waals surface area contributed by atoms with Crippen molar-refractivity contribution in [1.29, 1.82) is 0 Å². The Bertz CT molecular complexity index is 865. The molecule has 1 atom stereocenters. The van der Waals surface area contributed by atoms with E-state index < -0.39 is 0 Å². The number of benzene rings is 2. The Morgan fingerprint density at radius 1 is 1.09 bits per heavy atom. The highest BCUT2D eigenvalue weighted by molar-refractivity contribution is 5.81. The lowest BCUT2D eigenvalue weighted by atomic mass is 10.0. The van der Waals surface area contributed by atoms with Gasteiger partial charge in [0.15, 0.2) is 0 Å². The zero-order chi connectivity index (χ0) is 16.0. The molecule has 23 heavy (non-hydrogen) atoms. The lowest BCUT2D eigenvalue weighted by Gasteiger charge is -2.30. The third-order valence-corrected chi connectivity index (χ3v) is 4.36. The van der Waals surface area contributed by atoms with E-state index in [2.05, 4.69) is 53.3 Å². The van der Waals surface area contributed by atoms with Gasteiger partial charge in [-0.3, -0.25) is 0 Å². The van der Waals surface area contributed by atoms with Gasteiger partial charge in [0.1, 0.15) is 11.9 Å². The molecule has 1 aromatic heterocycles. The average molecular weight is 305 g/mol. The van der Waals surface area contributed by atoms with E-state index in [4.69, 9.17) is 9.84 Å². The molecule has 0 saturated heterocycles. The molecule has 2 heterocycles. The van der Waals surface area contributed by atoms with E-state index in [1.54, 1.807) is 7.11 Å². The molecule has 1 aliphatic heterocycles. The maximum Gasteiger partial charge on any atom is 0.147 e. The summed E-state index contributed by atoms with van der Waals surface area (Å²) in [7, 11) is 1.68. The Morgan fingerprint density at radius 3 is 2.61 bits per heavy atom. The summed E-state index contributed by atoms with van der Waals surface area (Å²) < 4.78 is 7.33. The SMILES string of the molecule is COc1ccc(C2Nc3c(C)cccc3-c3cc(C)nn32)cc1. The van der Waals surface area contributed by atoms with Crippen LogP contribution in [0.1, 0.15) is 23.0 Å². The number of nitrogens with zero attached hydrogens (tertiary/aromatic N) is 2. The molecule has 0 bridgehead atoms. The number of methoxy groups -OCH3 is 1. The van der Waals surface area contributed by atoms with Gasteiger partial charge >= 0.3 is 0 Å². The predicted octanol–water partition coefficient (Wildman–Crippen LogP) is 4.15. The average Bonchev–Trinajstić information content (AvgIpc) is 2.96. The van der Waals surface area contributed by atoms with Crippen molar-refractivity contribution in [2.75, 3.05) is 12.4 Å². The molecule has 3 aromatic rings. The van der Waals surface area contributed by atoms with Crippen LogP contribution in [-0.2, 0) is 0 Å². The summed E-state index contributed by atoms with van der Waals surface area (Å²) in [5.74, 6) is 0.859. The van der Waals surface area contributed by atoms with E-state index in [9.17, 15) is 0 Å². The summed E-state index contributed by atoms with van der Waals surface area (Å²) in [5.41, 5.74) is 6.96. The van der Waals surface area contributed by atoms with Crippen molar-refractivity contribution >= 4 is 5.69 Å². The van der Waals surface area contributed by atoms with Gasteiger partial charge in [-0.2, -0.15) is 5.10 Å². The summed E-state index contributed by atoms with van der Waals surface area (Å²) in [5, 5.41) is 8.35. The monoisotopic (exact) mass is 305 g/mol. The standard InChI is InChI=1S/C19H19N3O/c1-12-5-4-6-16-17-11-13(2)21-22(17)19(20-18(12)16)14-7-9-15(23-3)10-8-14/h4-11,19-20H,1-3H3. The van der Waals surface area contributed by atoms with Gasteiger partial charge in [-0.25, -0.2) is 4.68 Å². The minimum atomic E-state index is -0.0155. The molecule has 1 aliphatic rings. The molecule has 1 N–H and O–H groups in total. The highest BCUT2D eigenvalue weighted by Crippen LogP contribution is 2.40. The highest BCUT2D eigenvalue weighted by atomic mass is 16.5. The van der Waals surface area contributed by atoms with Crippen molar-refractivity contribution in [3.05, 3.63) is 65.4 Å². The van der Waals surface area contributed by atoms with Crippen LogP contribution in [0.15, 0.2) is 48.5 Å². The molecule has 4 nitrogen and oxygen atoms in total. The largest absolute Gasteiger partial charge is 0.497 e. The van der Waals surface area contributed by atoms with E-state index in [0.29, 0.717) is 0 Å². The Balaban J connectivity index is 1.87. The predicted molar refractivity (Wildman–Crippen MR) is 91.9 cm³/mol. The normalized spacial score (nSPS) is 15.5. The maximum atomic E-state index is 5.26. The summed E-state index contributed by atoms with van der Waals surface area (Å²) >= 11 is 0. The van der Waals surface area contributed by atoms with Crippen LogP contribution in [0.25, 0.3) is 11.3 Å². The molecule has 4 rings (SSSR count). The third-order valence-electron chi connectivity index (χ3n) is 4.36. The Kier molecular flexibility index (Phi) is 3.11. The maximum absolute atomic E-state index is 5.26. The minimum absolute atomic E-state index is 0.0155. The molecule has 0 amide bonds. The number of hydrogen-bond acceptors (Lipinski definition) is 3. The number of rotatable bonds is 2. The van der Waals surface area contributed by atoms with Gasteiger partial charge in [0, 0.05) is 11.3 Å². The first kappa shape index (κ1) is 13.9. The van der Waals surface area contributed by atoms with Crippen molar-refractivity contribution in [1.82, 2.24) is 9.78 Å². The highest BCUT2D eigenvalue weighted by Gasteiger charge is 2.27. The van der Waals surface area contributed by atoms with Crippen LogP contribution in [0, 0.1) is 13.8 Å². The van der Waals surface area contributed by atoms with Crippen molar-refractivity contribution < 1.29 is 4.74 Å². The van der Waals surface area contributed by atoms with Crippen molar-refractivity contribution in [2.24, 2.45) is 0 Å². The van der Waals surface area contributed by atoms with E-state index in [1.807, 2.05) is 19.1 Å². The molecule has 4 heteroatoms. The second-order valence-electron chi connectivity index (χ2n) is 5.93. The molecule has 116 valence electrons. The summed E-state index contributed by atoms with van der Waals surface area (Å²) in [6.45, 7) is 4.17. The fourth-order valence-corrected chi connectivity index (χ4v) is 3.20. The molecule has 0 fully saturated rings. The fourth-order valence-electron chi connectivity index (χ4n) is 3.20. The second-order valence-corrected chi connectivity index (χ2v) is 5.93. The fraction of sp³-hybridized carbons (Fsp3) is 0.211. The molecule has 1 unspecified atom stereocenters. The van der Waals surface area contributed by atoms with Gasteiger partial charge in [0.2, 0.25) is 0 Å². The summed E-state index contributed by atoms with van der Waals surface area (Å²) in [6, 6.07) is 16.7. The Morgan fingerprint density at radius 2 is 1.87 bits per heavy atom. The van der Waals surface area contributed by atoms with E-state index >= 15 is 0 Å². The molecule has 0 radical (unpaired) electrons. The van der Waals surface area contributed by atoms with Crippen molar-refractivity contribution in [2.45, 2.75) is 20.0 Å². The quantitative estimate of drug-likeness (QED) is 0.773. The number of nitrogens with one attached hydrogen (secondary N) is 1. The van der Waals surface area contributed by atoms with Crippen LogP contribution >= 0.6 is 0 Å². The lowest BCUT2D eigenvalue weighted by molar-refractivity contribution is 0.414. The number of aryl methyl sites for hydroxylation is 2. The van der Waals surface area contributed by atoms with E-state index in [1.165, 1.54) is 16.8 Å². The smallest absolute Gasteiger partial charge is 0.147 e. The number of hydrogen-bond donors (Lipinski definition) is 1. The van der Waals surface area contributed by atoms with Gasteiger partial charge in [0.05, 0.1) is 18.5 Å². The van der Waals surface area contributed by atoms with Crippen molar-refractivity contribution in [3.8, 4) is 17.0 Å². The molecule has 0 saturated carbocycles. The first-order chi connectivity index (χ1) is 11.2. The number of para-hydroxylation sites is 1. The lowest BCUT2D eigenvalue weighted by Crippen LogP contribution is -2.26. The number of aromatic nitrogens is 2. The second kappa shape index (κ2) is 5.16. The zero-order valence-corrected chi connectivity index (χ0v) is 13.5.